The Morgan fingerprint density at radius 3 is 2.58 bits per heavy atom. The second-order valence-corrected chi connectivity index (χ2v) is 5.85. The van der Waals surface area contributed by atoms with Crippen molar-refractivity contribution in [3.63, 3.8) is 0 Å². The molecule has 6 heteroatoms. The molecule has 1 aliphatic rings. The Labute approximate surface area is 143 Å². The summed E-state index contributed by atoms with van der Waals surface area (Å²) in [6.45, 7) is 1.05. The van der Waals surface area contributed by atoms with E-state index in [1.165, 1.54) is 0 Å². The molecule has 0 amide bonds. The van der Waals surface area contributed by atoms with Crippen LogP contribution in [0.2, 0.25) is 5.02 Å². The molecule has 0 fully saturated rings. The summed E-state index contributed by atoms with van der Waals surface area (Å²) >= 11 is 5.94. The first kappa shape index (κ1) is 14.9. The van der Waals surface area contributed by atoms with Gasteiger partial charge in [0.1, 0.15) is 0 Å². The molecule has 0 unspecified atom stereocenters. The smallest absolute Gasteiger partial charge is 0.204 e. The van der Waals surface area contributed by atoms with Crippen molar-refractivity contribution < 1.29 is 19.1 Å². The van der Waals surface area contributed by atoms with E-state index in [4.69, 9.17) is 25.6 Å². The van der Waals surface area contributed by atoms with Gasteiger partial charge in [0, 0.05) is 17.0 Å². The highest BCUT2D eigenvalue weighted by Gasteiger charge is 2.23. The van der Waals surface area contributed by atoms with Crippen LogP contribution in [0.25, 0.3) is 22.5 Å². The van der Waals surface area contributed by atoms with Crippen molar-refractivity contribution in [3.05, 3.63) is 47.6 Å². The fourth-order valence-electron chi connectivity index (χ4n) is 2.67. The van der Waals surface area contributed by atoms with Crippen molar-refractivity contribution in [1.29, 1.82) is 0 Å². The van der Waals surface area contributed by atoms with Gasteiger partial charge in [-0.05, 0) is 29.8 Å². The first-order valence-electron chi connectivity index (χ1n) is 7.56. The van der Waals surface area contributed by atoms with Gasteiger partial charge in [-0.2, -0.15) is 0 Å². The summed E-state index contributed by atoms with van der Waals surface area (Å²) < 4.78 is 16.6. The van der Waals surface area contributed by atoms with Gasteiger partial charge in [-0.3, -0.25) is 0 Å². The third kappa shape index (κ3) is 2.57. The lowest BCUT2D eigenvalue weighted by molar-refractivity contribution is 0.291. The number of benzene rings is 2. The molecule has 2 heterocycles. The van der Waals surface area contributed by atoms with Crippen molar-refractivity contribution in [2.75, 3.05) is 13.2 Å². The topological polar surface area (TPSA) is 64.7 Å². The zero-order valence-corrected chi connectivity index (χ0v) is 13.4. The molecule has 1 N–H and O–H groups in total. The molecule has 0 radical (unpaired) electrons. The quantitative estimate of drug-likeness (QED) is 0.740. The number of hydrogen-bond donors (Lipinski definition) is 1. The van der Waals surface area contributed by atoms with Crippen LogP contribution in [0.5, 0.6) is 17.2 Å². The summed E-state index contributed by atoms with van der Waals surface area (Å²) in [5, 5.41) is 15.2. The van der Waals surface area contributed by atoms with Crippen molar-refractivity contribution in [2.24, 2.45) is 0 Å². The van der Waals surface area contributed by atoms with E-state index in [0.29, 0.717) is 41.1 Å². The summed E-state index contributed by atoms with van der Waals surface area (Å²) in [6.07, 6.45) is 2.38. The first-order chi connectivity index (χ1) is 11.7. The Hall–Kier alpha value is -2.66. The Kier molecular flexibility index (Phi) is 3.78. The zero-order chi connectivity index (χ0) is 16.5. The van der Waals surface area contributed by atoms with Crippen LogP contribution in [0.1, 0.15) is 6.42 Å². The largest absolute Gasteiger partial charge is 0.504 e. The van der Waals surface area contributed by atoms with Gasteiger partial charge < -0.3 is 19.1 Å². The third-order valence-electron chi connectivity index (χ3n) is 3.86. The van der Waals surface area contributed by atoms with Crippen LogP contribution in [0.4, 0.5) is 0 Å². The minimum Gasteiger partial charge on any atom is -0.504 e. The van der Waals surface area contributed by atoms with Crippen LogP contribution in [-0.2, 0) is 0 Å². The van der Waals surface area contributed by atoms with Crippen molar-refractivity contribution >= 4 is 11.6 Å². The third-order valence-corrected chi connectivity index (χ3v) is 4.11. The van der Waals surface area contributed by atoms with Gasteiger partial charge >= 0.3 is 0 Å². The van der Waals surface area contributed by atoms with Gasteiger partial charge in [0.2, 0.25) is 5.75 Å². The summed E-state index contributed by atoms with van der Waals surface area (Å²) in [5.41, 5.74) is 2.15. The highest BCUT2D eigenvalue weighted by Crippen LogP contribution is 2.46. The summed E-state index contributed by atoms with van der Waals surface area (Å²) in [4.78, 5) is 0. The summed E-state index contributed by atoms with van der Waals surface area (Å²) in [5.74, 6) is 1.32. The number of phenolic OH excluding ortho intramolecular Hbond substituents is 1. The van der Waals surface area contributed by atoms with Crippen molar-refractivity contribution in [3.8, 4) is 39.7 Å². The fraction of sp³-hybridized carbons (Fsp3) is 0.167. The Morgan fingerprint density at radius 1 is 0.958 bits per heavy atom. The second-order valence-electron chi connectivity index (χ2n) is 5.41. The molecule has 1 aromatic heterocycles. The highest BCUT2D eigenvalue weighted by molar-refractivity contribution is 6.30. The van der Waals surface area contributed by atoms with Crippen LogP contribution in [0, 0.1) is 0 Å². The Bertz CT molecular complexity index is 873. The van der Waals surface area contributed by atoms with E-state index in [0.717, 1.165) is 17.5 Å². The van der Waals surface area contributed by atoms with Crippen molar-refractivity contribution in [2.45, 2.75) is 6.42 Å². The van der Waals surface area contributed by atoms with E-state index in [-0.39, 0.29) is 5.75 Å². The average molecular weight is 344 g/mol. The number of rotatable bonds is 2. The number of ether oxygens (including phenoxy) is 2. The molecule has 1 aliphatic heterocycles. The first-order valence-corrected chi connectivity index (χ1v) is 7.94. The number of phenols is 1. The predicted molar refractivity (Wildman–Crippen MR) is 89.7 cm³/mol. The molecule has 0 atom stereocenters. The lowest BCUT2D eigenvalue weighted by Crippen LogP contribution is -1.97. The van der Waals surface area contributed by atoms with Crippen molar-refractivity contribution in [1.82, 2.24) is 5.16 Å². The predicted octanol–water partition coefficient (Wildman–Crippen LogP) is 4.53. The van der Waals surface area contributed by atoms with Crippen LogP contribution in [0.3, 0.4) is 0 Å². The van der Waals surface area contributed by atoms with Gasteiger partial charge in [0.15, 0.2) is 17.3 Å². The maximum atomic E-state index is 10.6. The molecule has 0 bridgehead atoms. The van der Waals surface area contributed by atoms with Gasteiger partial charge in [-0.1, -0.05) is 28.9 Å². The molecular formula is C18H14ClNO4. The SMILES string of the molecule is Oc1c(-c2oncc2-c2ccc(Cl)cc2)ccc2c1OCCCO2. The molecule has 0 spiro atoms. The van der Waals surface area contributed by atoms with Gasteiger partial charge in [-0.15, -0.1) is 0 Å². The molecule has 4 rings (SSSR count). The maximum absolute atomic E-state index is 10.6. The maximum Gasteiger partial charge on any atom is 0.204 e. The lowest BCUT2D eigenvalue weighted by atomic mass is 10.0. The molecule has 122 valence electrons. The molecule has 2 aromatic carbocycles. The van der Waals surface area contributed by atoms with E-state index in [1.807, 2.05) is 12.1 Å². The number of aromatic hydroxyl groups is 1. The molecule has 0 saturated heterocycles. The second kappa shape index (κ2) is 6.09. The standard InChI is InChI=1S/C18H14ClNO4/c19-12-4-2-11(3-5-12)14-10-20-24-17(14)13-6-7-15-18(16(13)21)23-9-1-8-22-15/h2-7,10,21H,1,8-9H2. The molecule has 24 heavy (non-hydrogen) atoms. The average Bonchev–Trinajstić information content (AvgIpc) is 2.93. The Morgan fingerprint density at radius 2 is 1.75 bits per heavy atom. The van der Waals surface area contributed by atoms with E-state index in [2.05, 4.69) is 5.16 Å². The summed E-state index contributed by atoms with van der Waals surface area (Å²) in [6, 6.07) is 10.8. The highest BCUT2D eigenvalue weighted by atomic mass is 35.5. The van der Waals surface area contributed by atoms with E-state index in [1.54, 1.807) is 30.5 Å². The molecule has 0 aliphatic carbocycles. The van der Waals surface area contributed by atoms with Gasteiger partial charge in [0.25, 0.3) is 0 Å². The van der Waals surface area contributed by atoms with Crippen LogP contribution in [-0.4, -0.2) is 23.5 Å². The number of halogens is 1. The monoisotopic (exact) mass is 343 g/mol. The number of nitrogens with zero attached hydrogens (tertiary/aromatic N) is 1. The molecular weight excluding hydrogens is 330 g/mol. The molecule has 5 nitrogen and oxygen atoms in total. The minimum atomic E-state index is -0.0126. The minimum absolute atomic E-state index is 0.0126. The zero-order valence-electron chi connectivity index (χ0n) is 12.7. The Balaban J connectivity index is 1.82. The normalized spacial score (nSPS) is 13.5. The lowest BCUT2D eigenvalue weighted by Gasteiger charge is -2.12. The summed E-state index contributed by atoms with van der Waals surface area (Å²) in [7, 11) is 0. The number of fused-ring (bicyclic) bond motifs is 1. The molecule has 0 saturated carbocycles. The number of hydrogen-bond acceptors (Lipinski definition) is 5. The number of aromatic nitrogens is 1. The van der Waals surface area contributed by atoms with Gasteiger partial charge in [0.05, 0.1) is 25.0 Å². The van der Waals surface area contributed by atoms with Crippen LogP contribution < -0.4 is 9.47 Å². The fourth-order valence-corrected chi connectivity index (χ4v) is 2.80. The van der Waals surface area contributed by atoms with Crippen LogP contribution in [0.15, 0.2) is 47.1 Å². The van der Waals surface area contributed by atoms with E-state index < -0.39 is 0 Å². The van der Waals surface area contributed by atoms with E-state index >= 15 is 0 Å². The van der Waals surface area contributed by atoms with E-state index in [9.17, 15) is 5.11 Å². The van der Waals surface area contributed by atoms with Gasteiger partial charge in [-0.25, -0.2) is 0 Å². The molecule has 3 aromatic rings. The van der Waals surface area contributed by atoms with Crippen LogP contribution >= 0.6 is 11.6 Å².